The Bertz CT molecular complexity index is 277. The molecule has 0 bridgehead atoms. The standard InChI is InChI=1S/C16H31NO/c1-6-7-13-8-9-17-16(18-13)11-14(2,3)10-15(4,5)12-16/h13,17H,6-12H2,1-5H3. The monoisotopic (exact) mass is 253 g/mol. The van der Waals surface area contributed by atoms with Gasteiger partial charge in [0.05, 0.1) is 6.10 Å². The first kappa shape index (κ1) is 14.3. The van der Waals surface area contributed by atoms with Gasteiger partial charge >= 0.3 is 0 Å². The molecule has 106 valence electrons. The van der Waals surface area contributed by atoms with E-state index in [1.165, 1.54) is 25.7 Å². The second kappa shape index (κ2) is 4.79. The van der Waals surface area contributed by atoms with Crippen molar-refractivity contribution in [3.05, 3.63) is 0 Å². The molecule has 2 nitrogen and oxygen atoms in total. The van der Waals surface area contributed by atoms with E-state index in [-0.39, 0.29) is 5.72 Å². The van der Waals surface area contributed by atoms with Crippen LogP contribution in [0.2, 0.25) is 0 Å². The summed E-state index contributed by atoms with van der Waals surface area (Å²) in [6, 6.07) is 0. The molecule has 0 aromatic rings. The Morgan fingerprint density at radius 3 is 2.22 bits per heavy atom. The number of nitrogens with one attached hydrogen (secondary N) is 1. The number of hydrogen-bond acceptors (Lipinski definition) is 2. The van der Waals surface area contributed by atoms with E-state index in [9.17, 15) is 0 Å². The van der Waals surface area contributed by atoms with Crippen LogP contribution in [0.3, 0.4) is 0 Å². The van der Waals surface area contributed by atoms with Gasteiger partial charge in [0.2, 0.25) is 0 Å². The smallest absolute Gasteiger partial charge is 0.120 e. The van der Waals surface area contributed by atoms with Crippen molar-refractivity contribution in [1.82, 2.24) is 5.32 Å². The van der Waals surface area contributed by atoms with Crippen molar-refractivity contribution >= 4 is 0 Å². The van der Waals surface area contributed by atoms with E-state index < -0.39 is 0 Å². The lowest BCUT2D eigenvalue weighted by Gasteiger charge is -2.54. The Balaban J connectivity index is 2.13. The second-order valence-corrected chi connectivity index (χ2v) is 8.10. The zero-order chi connectivity index (χ0) is 13.4. The zero-order valence-corrected chi connectivity index (χ0v) is 12.9. The lowest BCUT2D eigenvalue weighted by Crippen LogP contribution is -2.61. The van der Waals surface area contributed by atoms with Crippen LogP contribution in [-0.2, 0) is 4.74 Å². The first-order valence-corrected chi connectivity index (χ1v) is 7.69. The van der Waals surface area contributed by atoms with E-state index in [0.29, 0.717) is 16.9 Å². The fourth-order valence-electron chi connectivity index (χ4n) is 4.64. The van der Waals surface area contributed by atoms with Crippen molar-refractivity contribution in [3.8, 4) is 0 Å². The Morgan fingerprint density at radius 1 is 1.06 bits per heavy atom. The molecule has 1 N–H and O–H groups in total. The van der Waals surface area contributed by atoms with Gasteiger partial charge in [-0.15, -0.1) is 0 Å². The summed E-state index contributed by atoms with van der Waals surface area (Å²) in [5.74, 6) is 0. The summed E-state index contributed by atoms with van der Waals surface area (Å²) >= 11 is 0. The molecule has 1 heterocycles. The van der Waals surface area contributed by atoms with Gasteiger partial charge in [0.25, 0.3) is 0 Å². The highest BCUT2D eigenvalue weighted by atomic mass is 16.5. The minimum absolute atomic E-state index is 0.0522. The Labute approximate surface area is 113 Å². The highest BCUT2D eigenvalue weighted by Crippen LogP contribution is 2.51. The molecule has 2 fully saturated rings. The highest BCUT2D eigenvalue weighted by Gasteiger charge is 2.50. The molecule has 1 unspecified atom stereocenters. The predicted molar refractivity (Wildman–Crippen MR) is 76.5 cm³/mol. The van der Waals surface area contributed by atoms with E-state index >= 15 is 0 Å². The Kier molecular flexibility index (Phi) is 3.81. The van der Waals surface area contributed by atoms with E-state index in [4.69, 9.17) is 4.74 Å². The van der Waals surface area contributed by atoms with Gasteiger partial charge in [-0.3, -0.25) is 5.32 Å². The van der Waals surface area contributed by atoms with E-state index in [1.807, 2.05) is 0 Å². The number of rotatable bonds is 2. The third kappa shape index (κ3) is 3.27. The fraction of sp³-hybridized carbons (Fsp3) is 1.00. The Hall–Kier alpha value is -0.0800. The summed E-state index contributed by atoms with van der Waals surface area (Å²) in [6.45, 7) is 13.0. The van der Waals surface area contributed by atoms with Crippen LogP contribution in [0.15, 0.2) is 0 Å². The van der Waals surface area contributed by atoms with Gasteiger partial charge in [0.15, 0.2) is 0 Å². The van der Waals surface area contributed by atoms with E-state index in [2.05, 4.69) is 39.9 Å². The predicted octanol–water partition coefficient (Wildman–Crippen LogP) is 4.10. The highest BCUT2D eigenvalue weighted by molar-refractivity contribution is 4.99. The topological polar surface area (TPSA) is 21.3 Å². The molecular formula is C16H31NO. The molecule has 1 spiro atoms. The van der Waals surface area contributed by atoms with Gasteiger partial charge in [-0.25, -0.2) is 0 Å². The lowest BCUT2D eigenvalue weighted by molar-refractivity contribution is -0.199. The quantitative estimate of drug-likeness (QED) is 0.800. The fourth-order valence-corrected chi connectivity index (χ4v) is 4.64. The largest absolute Gasteiger partial charge is 0.357 e. The van der Waals surface area contributed by atoms with Crippen molar-refractivity contribution in [2.45, 2.75) is 85.0 Å². The average Bonchev–Trinajstić information content (AvgIpc) is 2.11. The van der Waals surface area contributed by atoms with Crippen LogP contribution in [0, 0.1) is 10.8 Å². The van der Waals surface area contributed by atoms with E-state index in [1.54, 1.807) is 0 Å². The van der Waals surface area contributed by atoms with Crippen LogP contribution in [0.4, 0.5) is 0 Å². The van der Waals surface area contributed by atoms with Crippen LogP contribution < -0.4 is 5.32 Å². The summed E-state index contributed by atoms with van der Waals surface area (Å²) in [6.07, 6.45) is 7.70. The average molecular weight is 253 g/mol. The molecule has 0 aromatic carbocycles. The molecule has 0 amide bonds. The van der Waals surface area contributed by atoms with Crippen molar-refractivity contribution in [3.63, 3.8) is 0 Å². The summed E-state index contributed by atoms with van der Waals surface area (Å²) in [5, 5.41) is 3.71. The number of ether oxygens (including phenoxy) is 1. The Morgan fingerprint density at radius 2 is 1.67 bits per heavy atom. The van der Waals surface area contributed by atoms with E-state index in [0.717, 1.165) is 19.4 Å². The lowest BCUT2D eigenvalue weighted by atomic mass is 9.62. The molecule has 1 aliphatic carbocycles. The third-order valence-corrected chi connectivity index (χ3v) is 4.40. The van der Waals surface area contributed by atoms with Crippen molar-refractivity contribution < 1.29 is 4.74 Å². The molecule has 0 radical (unpaired) electrons. The van der Waals surface area contributed by atoms with Gasteiger partial charge in [-0.1, -0.05) is 41.0 Å². The molecule has 0 aromatic heterocycles. The minimum atomic E-state index is -0.0522. The van der Waals surface area contributed by atoms with Gasteiger partial charge in [0.1, 0.15) is 5.72 Å². The molecule has 2 aliphatic rings. The summed E-state index contributed by atoms with van der Waals surface area (Å²) in [4.78, 5) is 0. The van der Waals surface area contributed by atoms with Crippen molar-refractivity contribution in [1.29, 1.82) is 0 Å². The van der Waals surface area contributed by atoms with Crippen LogP contribution in [0.1, 0.15) is 73.1 Å². The molecule has 18 heavy (non-hydrogen) atoms. The maximum Gasteiger partial charge on any atom is 0.120 e. The second-order valence-electron chi connectivity index (χ2n) is 8.10. The van der Waals surface area contributed by atoms with Gasteiger partial charge in [-0.2, -0.15) is 0 Å². The summed E-state index contributed by atoms with van der Waals surface area (Å²) < 4.78 is 6.52. The minimum Gasteiger partial charge on any atom is -0.357 e. The van der Waals surface area contributed by atoms with Crippen LogP contribution in [0.5, 0.6) is 0 Å². The van der Waals surface area contributed by atoms with Crippen LogP contribution in [-0.4, -0.2) is 18.4 Å². The molecule has 1 saturated heterocycles. The normalized spacial score (nSPS) is 33.5. The SMILES string of the molecule is CCCC1CCNC2(CC(C)(C)CC(C)(C)C2)O1. The third-order valence-electron chi connectivity index (χ3n) is 4.40. The van der Waals surface area contributed by atoms with Crippen LogP contribution in [0.25, 0.3) is 0 Å². The molecule has 2 rings (SSSR count). The summed E-state index contributed by atoms with van der Waals surface area (Å²) in [7, 11) is 0. The zero-order valence-electron chi connectivity index (χ0n) is 12.9. The molecule has 1 atom stereocenters. The van der Waals surface area contributed by atoms with Gasteiger partial charge in [-0.05, 0) is 42.9 Å². The van der Waals surface area contributed by atoms with Crippen LogP contribution >= 0.6 is 0 Å². The maximum absolute atomic E-state index is 6.52. The van der Waals surface area contributed by atoms with Crippen molar-refractivity contribution in [2.24, 2.45) is 10.8 Å². The molecule has 2 heteroatoms. The summed E-state index contributed by atoms with van der Waals surface area (Å²) in [5.41, 5.74) is 0.703. The first-order valence-electron chi connectivity index (χ1n) is 7.69. The number of hydrogen-bond donors (Lipinski definition) is 1. The van der Waals surface area contributed by atoms with Crippen molar-refractivity contribution in [2.75, 3.05) is 6.54 Å². The molecular weight excluding hydrogens is 222 g/mol. The van der Waals surface area contributed by atoms with Gasteiger partial charge in [0, 0.05) is 6.54 Å². The molecule has 1 saturated carbocycles. The molecule has 1 aliphatic heterocycles. The van der Waals surface area contributed by atoms with Gasteiger partial charge < -0.3 is 4.74 Å². The maximum atomic E-state index is 6.52. The first-order chi connectivity index (χ1) is 8.26.